The molecule has 0 radical (unpaired) electrons. The maximum atomic E-state index is 14.1. The summed E-state index contributed by atoms with van der Waals surface area (Å²) in [6.45, 7) is 0. The smallest absolute Gasteiger partial charge is 0.250 e. The van der Waals surface area contributed by atoms with Gasteiger partial charge in [-0.05, 0) is 31.0 Å². The van der Waals surface area contributed by atoms with E-state index < -0.39 is 47.0 Å². The minimum atomic E-state index is -1.60. The summed E-state index contributed by atoms with van der Waals surface area (Å²) in [4.78, 5) is 53.2. The standard InChI is InChI=1S/C21H23FN4O4/c22-10-6-7-13-12(8-10)21(20(30)24-13)17-16(14(25-21)9-15(23)27)18(28)26(19(17)29)11-4-2-1-3-5-11/h6-8,11,14,16-17,25H,1-5,9H2,(H2,23,27)(H,24,30)/t14?,16-,17+,21?/m1/s1. The van der Waals surface area contributed by atoms with Crippen molar-refractivity contribution in [2.45, 2.75) is 56.1 Å². The first kappa shape index (κ1) is 19.2. The lowest BCUT2D eigenvalue weighted by Gasteiger charge is -2.33. The van der Waals surface area contributed by atoms with Crippen molar-refractivity contribution in [2.75, 3.05) is 5.32 Å². The number of imide groups is 1. The molecule has 3 heterocycles. The van der Waals surface area contributed by atoms with Gasteiger partial charge in [-0.3, -0.25) is 29.4 Å². The second-order valence-electron chi connectivity index (χ2n) is 8.72. The number of nitrogens with two attached hydrogens (primary N) is 1. The number of hydrogen-bond donors (Lipinski definition) is 3. The van der Waals surface area contributed by atoms with Gasteiger partial charge in [0.2, 0.25) is 23.6 Å². The van der Waals surface area contributed by atoms with E-state index in [0.717, 1.165) is 32.1 Å². The van der Waals surface area contributed by atoms with Gasteiger partial charge < -0.3 is 11.1 Å². The number of hydrogen-bond acceptors (Lipinski definition) is 5. The van der Waals surface area contributed by atoms with E-state index in [4.69, 9.17) is 5.73 Å². The number of nitrogens with zero attached hydrogens (tertiary/aromatic N) is 1. The van der Waals surface area contributed by atoms with E-state index in [-0.39, 0.29) is 18.4 Å². The summed E-state index contributed by atoms with van der Waals surface area (Å²) in [6, 6.07) is 2.90. The number of nitrogens with one attached hydrogen (secondary N) is 2. The molecule has 4 amide bonds. The third kappa shape index (κ3) is 2.47. The van der Waals surface area contributed by atoms with Crippen LogP contribution in [0.2, 0.25) is 0 Å². The lowest BCUT2D eigenvalue weighted by atomic mass is 9.76. The quantitative estimate of drug-likeness (QED) is 0.631. The Bertz CT molecular complexity index is 976. The zero-order valence-electron chi connectivity index (χ0n) is 16.3. The molecule has 1 saturated carbocycles. The van der Waals surface area contributed by atoms with Crippen molar-refractivity contribution in [1.29, 1.82) is 0 Å². The number of anilines is 1. The number of carbonyl (C=O) groups excluding carboxylic acids is 4. The number of likely N-dealkylation sites (tertiary alicyclic amines) is 1. The number of rotatable bonds is 3. The molecule has 4 atom stereocenters. The molecule has 3 aliphatic heterocycles. The molecule has 158 valence electrons. The van der Waals surface area contributed by atoms with Gasteiger partial charge in [0.25, 0.3) is 0 Å². The molecule has 0 bridgehead atoms. The molecule has 1 spiro atoms. The lowest BCUT2D eigenvalue weighted by Crippen LogP contribution is -2.54. The van der Waals surface area contributed by atoms with Crippen LogP contribution in [0.1, 0.15) is 44.1 Å². The molecule has 1 aromatic rings. The Morgan fingerprint density at radius 1 is 1.17 bits per heavy atom. The van der Waals surface area contributed by atoms with E-state index >= 15 is 0 Å². The van der Waals surface area contributed by atoms with Gasteiger partial charge in [-0.2, -0.15) is 0 Å². The molecule has 2 unspecified atom stereocenters. The fourth-order valence-electron chi connectivity index (χ4n) is 5.89. The third-order valence-electron chi connectivity index (χ3n) is 7.07. The van der Waals surface area contributed by atoms with Gasteiger partial charge in [-0.25, -0.2) is 4.39 Å². The first-order valence-corrected chi connectivity index (χ1v) is 10.4. The molecule has 3 fully saturated rings. The van der Waals surface area contributed by atoms with E-state index in [9.17, 15) is 23.6 Å². The van der Waals surface area contributed by atoms with E-state index in [1.54, 1.807) is 0 Å². The van der Waals surface area contributed by atoms with E-state index in [1.165, 1.54) is 23.1 Å². The Morgan fingerprint density at radius 2 is 1.90 bits per heavy atom. The first-order chi connectivity index (χ1) is 14.3. The van der Waals surface area contributed by atoms with Crippen LogP contribution in [0.5, 0.6) is 0 Å². The summed E-state index contributed by atoms with van der Waals surface area (Å²) in [6.07, 6.45) is 4.19. The minimum absolute atomic E-state index is 0.196. The summed E-state index contributed by atoms with van der Waals surface area (Å²) in [5.41, 5.74) is 4.49. The van der Waals surface area contributed by atoms with Crippen LogP contribution in [0, 0.1) is 17.7 Å². The molecule has 1 aromatic carbocycles. The van der Waals surface area contributed by atoms with Crippen molar-refractivity contribution in [2.24, 2.45) is 17.6 Å². The van der Waals surface area contributed by atoms with Gasteiger partial charge in [-0.1, -0.05) is 19.3 Å². The Balaban J connectivity index is 1.63. The van der Waals surface area contributed by atoms with E-state index in [1.807, 2.05) is 0 Å². The van der Waals surface area contributed by atoms with E-state index in [2.05, 4.69) is 10.6 Å². The predicted molar refractivity (Wildman–Crippen MR) is 103 cm³/mol. The van der Waals surface area contributed by atoms with Crippen LogP contribution in [0.4, 0.5) is 10.1 Å². The highest BCUT2D eigenvalue weighted by Crippen LogP contribution is 2.54. The van der Waals surface area contributed by atoms with Gasteiger partial charge >= 0.3 is 0 Å². The van der Waals surface area contributed by atoms with Crippen molar-refractivity contribution >= 4 is 29.3 Å². The average Bonchev–Trinajstić information content (AvgIpc) is 3.27. The first-order valence-electron chi connectivity index (χ1n) is 10.4. The maximum absolute atomic E-state index is 14.1. The average molecular weight is 414 g/mol. The number of amides is 4. The summed E-state index contributed by atoms with van der Waals surface area (Å²) >= 11 is 0. The highest BCUT2D eigenvalue weighted by Gasteiger charge is 2.71. The zero-order valence-corrected chi connectivity index (χ0v) is 16.3. The molecule has 9 heteroatoms. The normalized spacial score (nSPS) is 33.2. The Kier molecular flexibility index (Phi) is 4.22. The predicted octanol–water partition coefficient (Wildman–Crippen LogP) is 0.754. The van der Waals surface area contributed by atoms with Crippen molar-refractivity contribution in [3.05, 3.63) is 29.6 Å². The van der Waals surface area contributed by atoms with Gasteiger partial charge in [0.15, 0.2) is 0 Å². The summed E-state index contributed by atoms with van der Waals surface area (Å²) in [5.74, 6) is -4.45. The molecule has 4 aliphatic rings. The van der Waals surface area contributed by atoms with Gasteiger partial charge in [0.1, 0.15) is 11.4 Å². The highest BCUT2D eigenvalue weighted by molar-refractivity contribution is 6.15. The Hall–Kier alpha value is -2.81. The number of fused-ring (bicyclic) bond motifs is 4. The molecule has 4 N–H and O–H groups in total. The molecule has 0 aromatic heterocycles. The summed E-state index contributed by atoms with van der Waals surface area (Å²) in [5, 5.41) is 5.78. The minimum Gasteiger partial charge on any atom is -0.370 e. The van der Waals surface area contributed by atoms with Crippen LogP contribution in [0.3, 0.4) is 0 Å². The van der Waals surface area contributed by atoms with Crippen LogP contribution in [-0.2, 0) is 24.7 Å². The second-order valence-corrected chi connectivity index (χ2v) is 8.72. The number of carbonyl (C=O) groups is 4. The van der Waals surface area contributed by atoms with Gasteiger partial charge in [-0.15, -0.1) is 0 Å². The molecule has 5 rings (SSSR count). The Labute approximate surface area is 172 Å². The fourth-order valence-corrected chi connectivity index (χ4v) is 5.89. The number of primary amides is 1. The van der Waals surface area contributed by atoms with E-state index in [0.29, 0.717) is 11.3 Å². The number of halogens is 1. The van der Waals surface area contributed by atoms with Crippen molar-refractivity contribution in [1.82, 2.24) is 10.2 Å². The monoisotopic (exact) mass is 414 g/mol. The summed E-state index contributed by atoms with van der Waals surface area (Å²) in [7, 11) is 0. The third-order valence-corrected chi connectivity index (χ3v) is 7.07. The Morgan fingerprint density at radius 3 is 2.60 bits per heavy atom. The second kappa shape index (κ2) is 6.60. The molecule has 8 nitrogen and oxygen atoms in total. The molecular formula is C21H23FN4O4. The van der Waals surface area contributed by atoms with Crippen LogP contribution < -0.4 is 16.4 Å². The fraction of sp³-hybridized carbons (Fsp3) is 0.524. The lowest BCUT2D eigenvalue weighted by molar-refractivity contribution is -0.146. The van der Waals surface area contributed by atoms with Gasteiger partial charge in [0, 0.05) is 29.8 Å². The van der Waals surface area contributed by atoms with Crippen LogP contribution in [-0.4, -0.2) is 40.6 Å². The largest absolute Gasteiger partial charge is 0.370 e. The SMILES string of the molecule is NC(=O)CC1NC2(C(=O)Nc3ccc(F)cc32)[C@@H]2C(=O)N(C3CCCCC3)C(=O)[C@H]12. The van der Waals surface area contributed by atoms with Crippen LogP contribution >= 0.6 is 0 Å². The molecule has 1 aliphatic carbocycles. The van der Waals surface area contributed by atoms with Gasteiger partial charge in [0.05, 0.1) is 11.8 Å². The topological polar surface area (TPSA) is 122 Å². The van der Waals surface area contributed by atoms with Crippen molar-refractivity contribution in [3.8, 4) is 0 Å². The number of benzene rings is 1. The summed E-state index contributed by atoms with van der Waals surface area (Å²) < 4.78 is 14.1. The van der Waals surface area contributed by atoms with Crippen molar-refractivity contribution < 1.29 is 23.6 Å². The highest BCUT2D eigenvalue weighted by atomic mass is 19.1. The molecular weight excluding hydrogens is 391 g/mol. The van der Waals surface area contributed by atoms with Crippen LogP contribution in [0.15, 0.2) is 18.2 Å². The molecule has 2 saturated heterocycles. The van der Waals surface area contributed by atoms with Crippen molar-refractivity contribution in [3.63, 3.8) is 0 Å². The molecule has 30 heavy (non-hydrogen) atoms. The maximum Gasteiger partial charge on any atom is 0.250 e. The van der Waals surface area contributed by atoms with Crippen LogP contribution in [0.25, 0.3) is 0 Å². The zero-order chi connectivity index (χ0) is 21.2.